The molecule has 1 unspecified atom stereocenters. The molecule has 37 heavy (non-hydrogen) atoms. The number of hydrogen-bond acceptors (Lipinski definition) is 3. The maximum atomic E-state index is 14.2. The largest absolute Gasteiger partial charge is 0.484 e. The minimum Gasteiger partial charge on any atom is -0.484 e. The van der Waals surface area contributed by atoms with Gasteiger partial charge in [0.1, 0.15) is 17.2 Å². The standard InChI is InChI=1S/C31H26FNO4/c1-31(2)28(19-10-4-3-5-11-19)24-16-21(22-13-7-8-14-23(22)30(35)36)17-26(29(24)37-31)33-27(34)18-20-12-6-9-15-25(20)32/h3-17,28H,18H2,1-2H3,(H,33,34)(H,35,36). The van der Waals surface area contributed by atoms with Crippen molar-refractivity contribution in [3.05, 3.63) is 119 Å². The highest BCUT2D eigenvalue weighted by molar-refractivity contribution is 5.99. The first-order chi connectivity index (χ1) is 17.7. The predicted molar refractivity (Wildman–Crippen MR) is 141 cm³/mol. The number of amides is 1. The summed E-state index contributed by atoms with van der Waals surface area (Å²) < 4.78 is 20.6. The highest BCUT2D eigenvalue weighted by atomic mass is 19.1. The first-order valence-corrected chi connectivity index (χ1v) is 12.0. The number of fused-ring (bicyclic) bond motifs is 1. The van der Waals surface area contributed by atoms with E-state index in [4.69, 9.17) is 4.74 Å². The van der Waals surface area contributed by atoms with E-state index >= 15 is 0 Å². The molecule has 0 bridgehead atoms. The Hall–Kier alpha value is -4.45. The molecule has 0 spiro atoms. The SMILES string of the molecule is CC1(C)Oc2c(NC(=O)Cc3ccccc3F)cc(-c3ccccc3C(=O)O)cc2C1c1ccccc1. The van der Waals surface area contributed by atoms with E-state index in [1.807, 2.05) is 50.2 Å². The molecule has 1 atom stereocenters. The van der Waals surface area contributed by atoms with Crippen LogP contribution in [0.3, 0.4) is 0 Å². The Morgan fingerprint density at radius 3 is 2.35 bits per heavy atom. The summed E-state index contributed by atoms with van der Waals surface area (Å²) in [7, 11) is 0. The number of nitrogens with one attached hydrogen (secondary N) is 1. The van der Waals surface area contributed by atoms with Crippen LogP contribution >= 0.6 is 0 Å². The lowest BCUT2D eigenvalue weighted by molar-refractivity contribution is -0.115. The maximum absolute atomic E-state index is 14.2. The van der Waals surface area contributed by atoms with Gasteiger partial charge < -0.3 is 15.2 Å². The van der Waals surface area contributed by atoms with E-state index in [0.29, 0.717) is 22.6 Å². The highest BCUT2D eigenvalue weighted by Crippen LogP contribution is 2.52. The third-order valence-corrected chi connectivity index (χ3v) is 6.67. The summed E-state index contributed by atoms with van der Waals surface area (Å²) in [4.78, 5) is 25.0. The smallest absolute Gasteiger partial charge is 0.336 e. The molecule has 186 valence electrons. The maximum Gasteiger partial charge on any atom is 0.336 e. The number of anilines is 1. The molecule has 1 aliphatic rings. The average Bonchev–Trinajstić information content (AvgIpc) is 3.16. The Balaban J connectivity index is 1.64. The zero-order valence-electron chi connectivity index (χ0n) is 20.5. The fourth-order valence-electron chi connectivity index (χ4n) is 5.08. The summed E-state index contributed by atoms with van der Waals surface area (Å²) in [5.74, 6) is -1.54. The minimum absolute atomic E-state index is 0.150. The number of halogens is 1. The van der Waals surface area contributed by atoms with E-state index < -0.39 is 23.3 Å². The lowest BCUT2D eigenvalue weighted by Crippen LogP contribution is -2.31. The molecular formula is C31H26FNO4. The van der Waals surface area contributed by atoms with Crippen molar-refractivity contribution in [3.8, 4) is 16.9 Å². The van der Waals surface area contributed by atoms with Crippen LogP contribution in [0.5, 0.6) is 5.75 Å². The zero-order valence-corrected chi connectivity index (χ0v) is 20.5. The normalized spacial score (nSPS) is 15.5. The fraction of sp³-hybridized carbons (Fsp3) is 0.161. The van der Waals surface area contributed by atoms with Crippen LogP contribution in [0, 0.1) is 5.82 Å². The van der Waals surface area contributed by atoms with E-state index in [1.165, 1.54) is 6.07 Å². The van der Waals surface area contributed by atoms with Crippen molar-refractivity contribution in [3.63, 3.8) is 0 Å². The molecule has 0 aromatic heterocycles. The molecular weight excluding hydrogens is 469 g/mol. The highest BCUT2D eigenvalue weighted by Gasteiger charge is 2.43. The summed E-state index contributed by atoms with van der Waals surface area (Å²) >= 11 is 0. The van der Waals surface area contributed by atoms with Crippen LogP contribution in [0.15, 0.2) is 91.0 Å². The topological polar surface area (TPSA) is 75.6 Å². The van der Waals surface area contributed by atoms with Crippen molar-refractivity contribution in [2.75, 3.05) is 5.32 Å². The number of carbonyl (C=O) groups is 2. The Morgan fingerprint density at radius 1 is 0.946 bits per heavy atom. The molecule has 5 rings (SSSR count). The first-order valence-electron chi connectivity index (χ1n) is 12.0. The third-order valence-electron chi connectivity index (χ3n) is 6.67. The van der Waals surface area contributed by atoms with Crippen molar-refractivity contribution in [2.24, 2.45) is 0 Å². The quantitative estimate of drug-likeness (QED) is 0.313. The van der Waals surface area contributed by atoms with Gasteiger partial charge in [-0.1, -0.05) is 66.7 Å². The van der Waals surface area contributed by atoms with Gasteiger partial charge in [0.05, 0.1) is 23.6 Å². The van der Waals surface area contributed by atoms with Gasteiger partial charge in [0, 0.05) is 5.56 Å². The number of benzene rings is 4. The lowest BCUT2D eigenvalue weighted by Gasteiger charge is -2.26. The molecule has 0 saturated heterocycles. The van der Waals surface area contributed by atoms with E-state index in [-0.39, 0.29) is 23.5 Å². The van der Waals surface area contributed by atoms with Gasteiger partial charge in [0.2, 0.25) is 5.91 Å². The minimum atomic E-state index is -1.04. The Kier molecular flexibility index (Phi) is 6.25. The molecule has 2 N–H and O–H groups in total. The Labute approximate surface area is 214 Å². The number of aromatic carboxylic acids is 1. The Morgan fingerprint density at radius 2 is 1.62 bits per heavy atom. The Bertz CT molecular complexity index is 1500. The lowest BCUT2D eigenvalue weighted by atomic mass is 9.80. The molecule has 1 aliphatic heterocycles. The van der Waals surface area contributed by atoms with E-state index in [2.05, 4.69) is 5.32 Å². The van der Waals surface area contributed by atoms with E-state index in [9.17, 15) is 19.1 Å². The van der Waals surface area contributed by atoms with Crippen LogP contribution in [0.1, 0.15) is 46.8 Å². The van der Waals surface area contributed by atoms with Crippen LogP contribution in [0.2, 0.25) is 0 Å². The summed E-state index contributed by atoms with van der Waals surface area (Å²) in [5.41, 5.74) is 3.26. The zero-order chi connectivity index (χ0) is 26.2. The number of carbonyl (C=O) groups excluding carboxylic acids is 1. The van der Waals surface area contributed by atoms with Crippen molar-refractivity contribution < 1.29 is 23.8 Å². The van der Waals surface area contributed by atoms with Crippen LogP contribution < -0.4 is 10.1 Å². The summed E-state index contributed by atoms with van der Waals surface area (Å²) in [6, 6.07) is 26.5. The summed E-state index contributed by atoms with van der Waals surface area (Å²) in [6.45, 7) is 3.97. The van der Waals surface area contributed by atoms with Gasteiger partial charge in [0.15, 0.2) is 0 Å². The molecule has 5 nitrogen and oxygen atoms in total. The first kappa shape index (κ1) is 24.3. The second-order valence-corrected chi connectivity index (χ2v) is 9.66. The van der Waals surface area contributed by atoms with Gasteiger partial charge >= 0.3 is 5.97 Å². The molecule has 0 radical (unpaired) electrons. The molecule has 6 heteroatoms. The average molecular weight is 496 g/mol. The van der Waals surface area contributed by atoms with Gasteiger partial charge in [-0.15, -0.1) is 0 Å². The second kappa shape index (κ2) is 9.54. The van der Waals surface area contributed by atoms with Crippen LogP contribution in [-0.2, 0) is 11.2 Å². The molecule has 1 amide bonds. The molecule has 0 saturated carbocycles. The van der Waals surface area contributed by atoms with Crippen LogP contribution in [0.25, 0.3) is 11.1 Å². The van der Waals surface area contributed by atoms with Gasteiger partial charge in [-0.2, -0.15) is 0 Å². The van der Waals surface area contributed by atoms with Crippen molar-refractivity contribution >= 4 is 17.6 Å². The van der Waals surface area contributed by atoms with Gasteiger partial charge in [0.25, 0.3) is 0 Å². The number of rotatable bonds is 6. The van der Waals surface area contributed by atoms with Gasteiger partial charge in [-0.05, 0) is 60.4 Å². The van der Waals surface area contributed by atoms with Crippen molar-refractivity contribution in [1.29, 1.82) is 0 Å². The molecule has 0 fully saturated rings. The number of carboxylic acids is 1. The van der Waals surface area contributed by atoms with Crippen molar-refractivity contribution in [1.82, 2.24) is 0 Å². The third kappa shape index (κ3) is 4.70. The van der Waals surface area contributed by atoms with Crippen LogP contribution in [-0.4, -0.2) is 22.6 Å². The summed E-state index contributed by atoms with van der Waals surface area (Å²) in [6.07, 6.45) is -0.150. The van der Waals surface area contributed by atoms with Crippen LogP contribution in [0.4, 0.5) is 10.1 Å². The van der Waals surface area contributed by atoms with E-state index in [0.717, 1.165) is 11.1 Å². The van der Waals surface area contributed by atoms with Crippen molar-refractivity contribution in [2.45, 2.75) is 31.8 Å². The number of carboxylic acid groups (broad SMARTS) is 1. The monoisotopic (exact) mass is 495 g/mol. The second-order valence-electron chi connectivity index (χ2n) is 9.66. The molecule has 4 aromatic rings. The fourth-order valence-corrected chi connectivity index (χ4v) is 5.08. The van der Waals surface area contributed by atoms with Gasteiger partial charge in [-0.25, -0.2) is 9.18 Å². The predicted octanol–water partition coefficient (Wildman–Crippen LogP) is 6.68. The number of hydrogen-bond donors (Lipinski definition) is 2. The van der Waals surface area contributed by atoms with Gasteiger partial charge in [-0.3, -0.25) is 4.79 Å². The molecule has 4 aromatic carbocycles. The summed E-state index contributed by atoms with van der Waals surface area (Å²) in [5, 5.41) is 12.7. The molecule has 1 heterocycles. The molecule has 0 aliphatic carbocycles. The number of ether oxygens (including phenoxy) is 1. The van der Waals surface area contributed by atoms with E-state index in [1.54, 1.807) is 48.5 Å².